The number of carbonyl (C=O) groups excluding carboxylic acids is 2. The predicted octanol–water partition coefficient (Wildman–Crippen LogP) is 4.83. The molecule has 2 aliphatic heterocycles. The van der Waals surface area contributed by atoms with Gasteiger partial charge >= 0.3 is 0 Å². The highest BCUT2D eigenvalue weighted by atomic mass is 32.1. The molecule has 2 aliphatic rings. The molecule has 3 aromatic rings. The number of hydrogen-bond acceptors (Lipinski definition) is 4. The van der Waals surface area contributed by atoms with Gasteiger partial charge in [0.2, 0.25) is 0 Å². The molecule has 5 nitrogen and oxygen atoms in total. The lowest BCUT2D eigenvalue weighted by atomic mass is 9.99. The summed E-state index contributed by atoms with van der Waals surface area (Å²) in [7, 11) is 0. The first-order chi connectivity index (χ1) is 16.1. The van der Waals surface area contributed by atoms with Gasteiger partial charge in [-0.05, 0) is 72.3 Å². The molecule has 2 heterocycles. The summed E-state index contributed by atoms with van der Waals surface area (Å²) in [5.74, 6) is -0.889. The van der Waals surface area contributed by atoms with Crippen LogP contribution in [0.15, 0.2) is 66.2 Å². The van der Waals surface area contributed by atoms with E-state index in [1.807, 2.05) is 48.5 Å². The molecule has 0 saturated carbocycles. The van der Waals surface area contributed by atoms with Gasteiger partial charge in [-0.3, -0.25) is 19.8 Å². The lowest BCUT2D eigenvalue weighted by Crippen LogP contribution is -2.54. The molecule has 2 amide bonds. The first kappa shape index (κ1) is 21.3. The SMILES string of the molecule is CCc1ccc(N2C(=O)/C(=C/c3ccc(N4CCCC4)c4ccccc34)C(=O)NC2=S)cc1. The summed E-state index contributed by atoms with van der Waals surface area (Å²) in [5.41, 5.74) is 3.91. The van der Waals surface area contributed by atoms with Crippen LogP contribution in [0.5, 0.6) is 0 Å². The summed E-state index contributed by atoms with van der Waals surface area (Å²) in [4.78, 5) is 30.0. The minimum Gasteiger partial charge on any atom is -0.371 e. The molecule has 33 heavy (non-hydrogen) atoms. The molecule has 0 unspecified atom stereocenters. The Labute approximate surface area is 198 Å². The van der Waals surface area contributed by atoms with Crippen molar-refractivity contribution in [2.45, 2.75) is 26.2 Å². The predicted molar refractivity (Wildman–Crippen MR) is 137 cm³/mol. The Hall–Kier alpha value is -3.51. The van der Waals surface area contributed by atoms with E-state index < -0.39 is 11.8 Å². The van der Waals surface area contributed by atoms with Crippen LogP contribution in [0, 0.1) is 0 Å². The van der Waals surface area contributed by atoms with Crippen molar-refractivity contribution >= 4 is 57.4 Å². The van der Waals surface area contributed by atoms with Gasteiger partial charge in [-0.2, -0.15) is 0 Å². The van der Waals surface area contributed by atoms with E-state index in [-0.39, 0.29) is 10.7 Å². The minimum atomic E-state index is -0.473. The van der Waals surface area contributed by atoms with Gasteiger partial charge in [0.15, 0.2) is 5.11 Å². The third kappa shape index (κ3) is 3.91. The monoisotopic (exact) mass is 455 g/mol. The van der Waals surface area contributed by atoms with Crippen LogP contribution in [0.1, 0.15) is 30.9 Å². The van der Waals surface area contributed by atoms with E-state index in [9.17, 15) is 9.59 Å². The third-order valence-electron chi connectivity index (χ3n) is 6.39. The highest BCUT2D eigenvalue weighted by molar-refractivity contribution is 7.80. The van der Waals surface area contributed by atoms with Crippen molar-refractivity contribution in [2.24, 2.45) is 0 Å². The molecule has 6 heteroatoms. The molecular formula is C27H25N3O2S. The van der Waals surface area contributed by atoms with Crippen molar-refractivity contribution in [3.8, 4) is 0 Å². The van der Waals surface area contributed by atoms with Gasteiger partial charge in [0, 0.05) is 24.2 Å². The van der Waals surface area contributed by atoms with E-state index in [4.69, 9.17) is 12.2 Å². The average Bonchev–Trinajstić information content (AvgIpc) is 3.37. The number of fused-ring (bicyclic) bond motifs is 1. The van der Waals surface area contributed by atoms with Gasteiger partial charge < -0.3 is 4.90 Å². The van der Waals surface area contributed by atoms with Crippen molar-refractivity contribution in [1.29, 1.82) is 0 Å². The van der Waals surface area contributed by atoms with Gasteiger partial charge in [0.1, 0.15) is 5.57 Å². The summed E-state index contributed by atoms with van der Waals surface area (Å²) < 4.78 is 0. The first-order valence-corrected chi connectivity index (χ1v) is 11.7. The topological polar surface area (TPSA) is 52.7 Å². The number of benzene rings is 3. The van der Waals surface area contributed by atoms with Gasteiger partial charge in [-0.25, -0.2) is 0 Å². The van der Waals surface area contributed by atoms with Crippen LogP contribution in [-0.2, 0) is 16.0 Å². The maximum absolute atomic E-state index is 13.4. The molecule has 0 aliphatic carbocycles. The molecule has 2 fully saturated rings. The number of rotatable bonds is 4. The zero-order valence-electron chi connectivity index (χ0n) is 18.5. The minimum absolute atomic E-state index is 0.0715. The van der Waals surface area contributed by atoms with Crippen molar-refractivity contribution in [1.82, 2.24) is 5.32 Å². The second-order valence-corrected chi connectivity index (χ2v) is 8.78. The second kappa shape index (κ2) is 8.79. The Bertz CT molecular complexity index is 1290. The molecule has 0 aromatic heterocycles. The Morgan fingerprint density at radius 3 is 2.33 bits per heavy atom. The van der Waals surface area contributed by atoms with E-state index in [0.717, 1.165) is 35.8 Å². The standard InChI is InChI=1S/C27H25N3O2S/c1-2-18-9-12-20(13-10-18)30-26(32)23(25(31)28-27(30)33)17-19-11-14-24(29-15-5-6-16-29)22-8-4-3-7-21(19)22/h3-4,7-14,17H,2,5-6,15-16H2,1H3,(H,28,31,33)/b23-17+. The van der Waals surface area contributed by atoms with E-state index in [1.54, 1.807) is 6.08 Å². The number of carbonyl (C=O) groups is 2. The fourth-order valence-electron chi connectivity index (χ4n) is 4.59. The van der Waals surface area contributed by atoms with Crippen molar-refractivity contribution < 1.29 is 9.59 Å². The summed E-state index contributed by atoms with van der Waals surface area (Å²) in [6.45, 7) is 4.18. The molecule has 0 bridgehead atoms. The quantitative estimate of drug-likeness (QED) is 0.348. The second-order valence-electron chi connectivity index (χ2n) is 8.39. The largest absolute Gasteiger partial charge is 0.371 e. The molecular weight excluding hydrogens is 430 g/mol. The van der Waals surface area contributed by atoms with Crippen LogP contribution >= 0.6 is 12.2 Å². The summed E-state index contributed by atoms with van der Waals surface area (Å²) in [5, 5.41) is 4.92. The maximum atomic E-state index is 13.4. The van der Waals surface area contributed by atoms with Gasteiger partial charge in [0.25, 0.3) is 11.8 Å². The van der Waals surface area contributed by atoms with Crippen LogP contribution in [-0.4, -0.2) is 30.0 Å². The molecule has 1 N–H and O–H groups in total. The van der Waals surface area contributed by atoms with Gasteiger partial charge in [-0.15, -0.1) is 0 Å². The smallest absolute Gasteiger partial charge is 0.270 e. The normalized spacial score (nSPS) is 17.8. The molecule has 166 valence electrons. The average molecular weight is 456 g/mol. The summed E-state index contributed by atoms with van der Waals surface area (Å²) in [6, 6.07) is 19.9. The first-order valence-electron chi connectivity index (χ1n) is 11.3. The van der Waals surface area contributed by atoms with Crippen LogP contribution in [0.4, 0.5) is 11.4 Å². The fourth-order valence-corrected chi connectivity index (χ4v) is 4.88. The number of anilines is 2. The molecule has 2 saturated heterocycles. The summed E-state index contributed by atoms with van der Waals surface area (Å²) in [6.07, 6.45) is 4.98. The lowest BCUT2D eigenvalue weighted by molar-refractivity contribution is -0.122. The number of thiocarbonyl (C=S) groups is 1. The molecule has 5 rings (SSSR count). The van der Waals surface area contributed by atoms with Crippen LogP contribution in [0.2, 0.25) is 0 Å². The van der Waals surface area contributed by atoms with E-state index in [0.29, 0.717) is 5.69 Å². The number of nitrogens with one attached hydrogen (secondary N) is 1. The lowest BCUT2D eigenvalue weighted by Gasteiger charge is -2.29. The molecule has 0 spiro atoms. The van der Waals surface area contributed by atoms with Crippen LogP contribution < -0.4 is 15.1 Å². The zero-order valence-corrected chi connectivity index (χ0v) is 19.3. The van der Waals surface area contributed by atoms with E-state index >= 15 is 0 Å². The number of hydrogen-bond donors (Lipinski definition) is 1. The Morgan fingerprint density at radius 2 is 1.64 bits per heavy atom. The molecule has 0 radical (unpaired) electrons. The Morgan fingerprint density at radius 1 is 0.939 bits per heavy atom. The highest BCUT2D eigenvalue weighted by Gasteiger charge is 2.34. The number of nitrogens with zero attached hydrogens (tertiary/aromatic N) is 2. The Kier molecular flexibility index (Phi) is 5.68. The number of amides is 2. The van der Waals surface area contributed by atoms with E-state index in [2.05, 4.69) is 29.3 Å². The van der Waals surface area contributed by atoms with E-state index in [1.165, 1.54) is 29.0 Å². The summed E-state index contributed by atoms with van der Waals surface area (Å²) >= 11 is 5.34. The van der Waals surface area contributed by atoms with Crippen LogP contribution in [0.3, 0.4) is 0 Å². The van der Waals surface area contributed by atoms with Crippen molar-refractivity contribution in [2.75, 3.05) is 22.9 Å². The van der Waals surface area contributed by atoms with Crippen molar-refractivity contribution in [3.05, 3.63) is 77.4 Å². The molecule has 3 aromatic carbocycles. The third-order valence-corrected chi connectivity index (χ3v) is 6.67. The fraction of sp³-hybridized carbons (Fsp3) is 0.222. The zero-order chi connectivity index (χ0) is 22.9. The highest BCUT2D eigenvalue weighted by Crippen LogP contribution is 2.33. The molecule has 0 atom stereocenters. The van der Waals surface area contributed by atoms with Gasteiger partial charge in [0.05, 0.1) is 5.69 Å². The van der Waals surface area contributed by atoms with Gasteiger partial charge in [-0.1, -0.05) is 49.4 Å². The maximum Gasteiger partial charge on any atom is 0.270 e. The van der Waals surface area contributed by atoms with Crippen LogP contribution in [0.25, 0.3) is 16.8 Å². The number of aryl methyl sites for hydroxylation is 1. The van der Waals surface area contributed by atoms with Crippen molar-refractivity contribution in [3.63, 3.8) is 0 Å². The Balaban J connectivity index is 1.56.